The minimum atomic E-state index is -3.72. The summed E-state index contributed by atoms with van der Waals surface area (Å²) >= 11 is 0.929. The molecular weight excluding hydrogens is 298 g/mol. The number of isocyanates is 1. The van der Waals surface area contributed by atoms with Crippen molar-refractivity contribution < 1.29 is 13.2 Å². The third kappa shape index (κ3) is 2.97. The van der Waals surface area contributed by atoms with E-state index in [1.54, 1.807) is 0 Å². The Bertz CT molecular complexity index is 668. The van der Waals surface area contributed by atoms with Crippen molar-refractivity contribution in [3.05, 3.63) is 17.0 Å². The van der Waals surface area contributed by atoms with Gasteiger partial charge in [-0.25, -0.2) is 13.2 Å². The summed E-state index contributed by atoms with van der Waals surface area (Å²) in [5, 5.41) is 8.79. The highest BCUT2D eigenvalue weighted by atomic mass is 32.2. The number of nitriles is 1. The lowest BCUT2D eigenvalue weighted by molar-refractivity contribution is 0.331. The molecule has 1 fully saturated rings. The monoisotopic (exact) mass is 311 g/mol. The molecule has 6 nitrogen and oxygen atoms in total. The van der Waals surface area contributed by atoms with Crippen molar-refractivity contribution in [3.8, 4) is 6.07 Å². The van der Waals surface area contributed by atoms with E-state index in [-0.39, 0.29) is 4.21 Å². The molecule has 1 aromatic rings. The van der Waals surface area contributed by atoms with Crippen molar-refractivity contribution in [2.75, 3.05) is 6.54 Å². The molecule has 1 aromatic heterocycles. The second kappa shape index (κ2) is 6.29. The molecule has 8 heteroatoms. The van der Waals surface area contributed by atoms with Crippen LogP contribution in [-0.4, -0.2) is 31.5 Å². The van der Waals surface area contributed by atoms with Crippen LogP contribution < -0.4 is 0 Å². The zero-order valence-electron chi connectivity index (χ0n) is 10.7. The Hall–Kier alpha value is -1.52. The highest BCUT2D eigenvalue weighted by Gasteiger charge is 2.33. The van der Waals surface area contributed by atoms with Gasteiger partial charge in [0.05, 0.1) is 0 Å². The Morgan fingerprint density at radius 2 is 2.15 bits per heavy atom. The number of rotatable bonds is 3. The average Bonchev–Trinajstić information content (AvgIpc) is 2.80. The van der Waals surface area contributed by atoms with Gasteiger partial charge in [-0.05, 0) is 31.4 Å². The number of thiophene rings is 1. The number of carbonyl (C=O) groups excluding carboxylic acids is 1. The highest BCUT2D eigenvalue weighted by molar-refractivity contribution is 7.91. The van der Waals surface area contributed by atoms with Crippen molar-refractivity contribution in [3.63, 3.8) is 0 Å². The zero-order valence-corrected chi connectivity index (χ0v) is 12.3. The van der Waals surface area contributed by atoms with Crippen molar-refractivity contribution in [1.82, 2.24) is 4.31 Å². The van der Waals surface area contributed by atoms with E-state index in [1.165, 1.54) is 22.5 Å². The van der Waals surface area contributed by atoms with Crippen LogP contribution in [0.15, 0.2) is 21.3 Å². The summed E-state index contributed by atoms with van der Waals surface area (Å²) in [7, 11) is -3.72. The van der Waals surface area contributed by atoms with Gasteiger partial charge in [-0.3, -0.25) is 0 Å². The van der Waals surface area contributed by atoms with E-state index in [2.05, 4.69) is 4.99 Å². The maximum Gasteiger partial charge on any atom is 0.254 e. The number of hydrogen-bond donors (Lipinski definition) is 0. The van der Waals surface area contributed by atoms with Crippen molar-refractivity contribution in [1.29, 1.82) is 5.26 Å². The highest BCUT2D eigenvalue weighted by Crippen LogP contribution is 2.29. The zero-order chi connectivity index (χ0) is 14.6. The molecule has 20 heavy (non-hydrogen) atoms. The smallest absolute Gasteiger partial charge is 0.211 e. The fourth-order valence-electron chi connectivity index (χ4n) is 2.17. The van der Waals surface area contributed by atoms with Gasteiger partial charge in [-0.2, -0.15) is 14.6 Å². The predicted octanol–water partition coefficient (Wildman–Crippen LogP) is 1.85. The first kappa shape index (κ1) is 14.9. The first-order chi connectivity index (χ1) is 9.59. The third-order valence-corrected chi connectivity index (χ3v) is 6.48. The molecule has 1 unspecified atom stereocenters. The molecule has 0 amide bonds. The molecule has 0 N–H and O–H groups in total. The van der Waals surface area contributed by atoms with E-state index in [4.69, 9.17) is 5.26 Å². The predicted molar refractivity (Wildman–Crippen MR) is 73.3 cm³/mol. The molecule has 0 bridgehead atoms. The van der Waals surface area contributed by atoms with Crippen LogP contribution in [0, 0.1) is 11.3 Å². The number of hydrogen-bond acceptors (Lipinski definition) is 6. The third-order valence-electron chi connectivity index (χ3n) is 3.13. The van der Waals surface area contributed by atoms with Gasteiger partial charge in [0, 0.05) is 6.54 Å². The van der Waals surface area contributed by atoms with E-state index >= 15 is 0 Å². The SMILES string of the molecule is N#Cc1ccc(S(=O)(=O)N2CCCCCC2N=C=O)s1. The van der Waals surface area contributed by atoms with Crippen LogP contribution in [0.3, 0.4) is 0 Å². The molecule has 106 valence electrons. The van der Waals surface area contributed by atoms with Gasteiger partial charge in [0.1, 0.15) is 21.3 Å². The average molecular weight is 311 g/mol. The molecule has 0 radical (unpaired) electrons. The van der Waals surface area contributed by atoms with Crippen LogP contribution in [0.2, 0.25) is 0 Å². The normalized spacial score (nSPS) is 20.6. The lowest BCUT2D eigenvalue weighted by atomic mass is 10.2. The van der Waals surface area contributed by atoms with Crippen LogP contribution in [-0.2, 0) is 14.8 Å². The minimum absolute atomic E-state index is 0.113. The lowest BCUT2D eigenvalue weighted by Gasteiger charge is -2.24. The molecule has 2 heterocycles. The molecule has 1 aliphatic rings. The van der Waals surface area contributed by atoms with Gasteiger partial charge < -0.3 is 0 Å². The molecule has 0 saturated carbocycles. The molecular formula is C12H13N3O3S2. The number of aliphatic imine (C=N–C) groups is 1. The van der Waals surface area contributed by atoms with Crippen LogP contribution in [0.1, 0.15) is 30.6 Å². The molecule has 1 saturated heterocycles. The van der Waals surface area contributed by atoms with Gasteiger partial charge in [-0.15, -0.1) is 11.3 Å². The lowest BCUT2D eigenvalue weighted by Crippen LogP contribution is -2.38. The van der Waals surface area contributed by atoms with Crippen molar-refractivity contribution in [2.45, 2.75) is 36.1 Å². The Labute approximate surface area is 121 Å². The van der Waals surface area contributed by atoms with E-state index in [0.29, 0.717) is 17.8 Å². The van der Waals surface area contributed by atoms with Crippen LogP contribution in [0.25, 0.3) is 0 Å². The molecule has 1 aliphatic heterocycles. The molecule has 0 aliphatic carbocycles. The van der Waals surface area contributed by atoms with Crippen LogP contribution >= 0.6 is 11.3 Å². The quantitative estimate of drug-likeness (QED) is 0.629. The summed E-state index contributed by atoms with van der Waals surface area (Å²) in [5.74, 6) is 0. The number of sulfonamides is 1. The Balaban J connectivity index is 2.39. The van der Waals surface area contributed by atoms with E-state index in [1.807, 2.05) is 6.07 Å². The Morgan fingerprint density at radius 3 is 2.80 bits per heavy atom. The molecule has 1 atom stereocenters. The largest absolute Gasteiger partial charge is 0.254 e. The van der Waals surface area contributed by atoms with Crippen LogP contribution in [0.5, 0.6) is 0 Å². The fraction of sp³-hybridized carbons (Fsp3) is 0.500. The summed E-state index contributed by atoms with van der Waals surface area (Å²) in [6, 6.07) is 4.82. The number of nitrogens with zero attached hydrogens (tertiary/aromatic N) is 3. The minimum Gasteiger partial charge on any atom is -0.211 e. The summed E-state index contributed by atoms with van der Waals surface area (Å²) in [6.07, 6.45) is 3.76. The van der Waals surface area contributed by atoms with Gasteiger partial charge >= 0.3 is 0 Å². The maximum absolute atomic E-state index is 12.6. The van der Waals surface area contributed by atoms with Gasteiger partial charge in [-0.1, -0.05) is 6.42 Å². The van der Waals surface area contributed by atoms with E-state index in [9.17, 15) is 13.2 Å². The summed E-state index contributed by atoms with van der Waals surface area (Å²) in [6.45, 7) is 0.331. The molecule has 2 rings (SSSR count). The fourth-order valence-corrected chi connectivity index (χ4v) is 4.99. The van der Waals surface area contributed by atoms with Gasteiger partial charge in [0.15, 0.2) is 0 Å². The molecule has 0 spiro atoms. The maximum atomic E-state index is 12.6. The first-order valence-electron chi connectivity index (χ1n) is 6.18. The van der Waals surface area contributed by atoms with E-state index < -0.39 is 16.2 Å². The second-order valence-electron chi connectivity index (χ2n) is 4.40. The second-order valence-corrected chi connectivity index (χ2v) is 7.60. The van der Waals surface area contributed by atoms with Crippen molar-refractivity contribution >= 4 is 27.4 Å². The standard InChI is InChI=1S/C12H13N3O3S2/c13-8-10-5-6-12(19-10)20(17,18)15-7-3-1-2-4-11(15)14-9-16/h5-6,11H,1-4,7H2. The van der Waals surface area contributed by atoms with Crippen LogP contribution in [0.4, 0.5) is 0 Å². The summed E-state index contributed by atoms with van der Waals surface area (Å²) < 4.78 is 26.5. The Morgan fingerprint density at radius 1 is 1.35 bits per heavy atom. The topological polar surface area (TPSA) is 90.6 Å². The van der Waals surface area contributed by atoms with E-state index in [0.717, 1.165) is 30.6 Å². The summed E-state index contributed by atoms with van der Waals surface area (Å²) in [5.41, 5.74) is 0. The van der Waals surface area contributed by atoms with Crippen molar-refractivity contribution in [2.24, 2.45) is 4.99 Å². The van der Waals surface area contributed by atoms with Gasteiger partial charge in [0.2, 0.25) is 6.08 Å². The summed E-state index contributed by atoms with van der Waals surface area (Å²) in [4.78, 5) is 14.5. The molecule has 0 aromatic carbocycles. The van der Waals surface area contributed by atoms with Gasteiger partial charge in [0.25, 0.3) is 10.0 Å². The Kier molecular flexibility index (Phi) is 4.68. The first-order valence-corrected chi connectivity index (χ1v) is 8.44.